The van der Waals surface area contributed by atoms with Crippen LogP contribution in [0.25, 0.3) is 0 Å². The van der Waals surface area contributed by atoms with Crippen LogP contribution < -0.4 is 5.32 Å². The highest BCUT2D eigenvalue weighted by Crippen LogP contribution is 2.20. The van der Waals surface area contributed by atoms with Crippen molar-refractivity contribution < 1.29 is 19.1 Å². The van der Waals surface area contributed by atoms with Crippen LogP contribution in [-0.2, 0) is 22.6 Å². The van der Waals surface area contributed by atoms with Crippen molar-refractivity contribution in [1.29, 1.82) is 0 Å². The van der Waals surface area contributed by atoms with Gasteiger partial charge in [-0.25, -0.2) is 9.78 Å². The summed E-state index contributed by atoms with van der Waals surface area (Å²) in [7, 11) is 0. The van der Waals surface area contributed by atoms with Gasteiger partial charge in [0.25, 0.3) is 0 Å². The number of aromatic nitrogens is 2. The maximum Gasteiger partial charge on any atom is 0.407 e. The molecule has 36 heavy (non-hydrogen) atoms. The van der Waals surface area contributed by atoms with Crippen LogP contribution >= 0.6 is 0 Å². The molecule has 2 aliphatic rings. The third-order valence-electron chi connectivity index (χ3n) is 6.70. The summed E-state index contributed by atoms with van der Waals surface area (Å²) in [6.45, 7) is 11.6. The minimum absolute atomic E-state index is 0.00459. The van der Waals surface area contributed by atoms with Crippen molar-refractivity contribution in [3.05, 3.63) is 29.9 Å². The van der Waals surface area contributed by atoms with E-state index in [1.807, 2.05) is 25.3 Å². The number of unbranched alkanes of at least 4 members (excludes halogenated alkanes) is 4. The first-order valence-electron chi connectivity index (χ1n) is 13.4. The maximum atomic E-state index is 12.8. The van der Waals surface area contributed by atoms with Crippen molar-refractivity contribution in [2.45, 2.75) is 97.4 Å². The van der Waals surface area contributed by atoms with Gasteiger partial charge in [-0.3, -0.25) is 14.5 Å². The van der Waals surface area contributed by atoms with Crippen LogP contribution in [0.1, 0.15) is 89.0 Å². The van der Waals surface area contributed by atoms with Crippen molar-refractivity contribution in [1.82, 2.24) is 24.7 Å². The minimum Gasteiger partial charge on any atom is -0.444 e. The number of likely N-dealkylation sites (tertiary alicyclic amines) is 1. The van der Waals surface area contributed by atoms with E-state index in [4.69, 9.17) is 4.74 Å². The Labute approximate surface area is 215 Å². The third kappa shape index (κ3) is 8.47. The van der Waals surface area contributed by atoms with Gasteiger partial charge in [-0.15, -0.1) is 0 Å². The maximum absolute atomic E-state index is 12.8. The Balaban J connectivity index is 1.31. The zero-order valence-electron chi connectivity index (χ0n) is 22.4. The van der Waals surface area contributed by atoms with Gasteiger partial charge in [-0.2, -0.15) is 0 Å². The summed E-state index contributed by atoms with van der Waals surface area (Å²) in [5, 5.41) is 2.81. The van der Waals surface area contributed by atoms with E-state index in [0.717, 1.165) is 57.4 Å². The lowest BCUT2D eigenvalue weighted by atomic mass is 10.1. The quantitative estimate of drug-likeness (QED) is 0.280. The number of nitrogens with zero attached hydrogens (tertiary/aromatic N) is 4. The number of imidazole rings is 1. The highest BCUT2D eigenvalue weighted by molar-refractivity contribution is 5.92. The van der Waals surface area contributed by atoms with Crippen molar-refractivity contribution in [2.75, 3.05) is 26.2 Å². The van der Waals surface area contributed by atoms with E-state index in [1.54, 1.807) is 24.1 Å². The molecular formula is C27H43N5O4. The number of hydrogen-bond donors (Lipinski definition) is 1. The van der Waals surface area contributed by atoms with E-state index in [0.29, 0.717) is 37.9 Å². The summed E-state index contributed by atoms with van der Waals surface area (Å²) in [4.78, 5) is 44.8. The van der Waals surface area contributed by atoms with E-state index in [2.05, 4.69) is 21.3 Å². The SMILES string of the molecule is CC(=O)c1cnc2n1CCN(C(=O)/C=C/C1CCCN1CCCCCCCNC(=O)OC(C)(C)C)C2. The van der Waals surface area contributed by atoms with Crippen LogP contribution in [0.5, 0.6) is 0 Å². The first-order chi connectivity index (χ1) is 17.1. The fourth-order valence-electron chi connectivity index (χ4n) is 4.85. The predicted octanol–water partition coefficient (Wildman–Crippen LogP) is 3.92. The Morgan fingerprint density at radius 2 is 1.86 bits per heavy atom. The number of fused-ring (bicyclic) bond motifs is 1. The molecule has 0 radical (unpaired) electrons. The van der Waals surface area contributed by atoms with E-state index < -0.39 is 5.60 Å². The summed E-state index contributed by atoms with van der Waals surface area (Å²) in [6, 6.07) is 0.322. The zero-order valence-corrected chi connectivity index (χ0v) is 22.4. The zero-order chi connectivity index (χ0) is 26.1. The molecule has 0 spiro atoms. The predicted molar refractivity (Wildman–Crippen MR) is 139 cm³/mol. The number of nitrogens with one attached hydrogen (secondary N) is 1. The average molecular weight is 502 g/mol. The van der Waals surface area contributed by atoms with Gasteiger partial charge < -0.3 is 19.5 Å². The molecule has 3 heterocycles. The highest BCUT2D eigenvalue weighted by atomic mass is 16.6. The molecule has 0 aliphatic carbocycles. The number of carbonyl (C=O) groups excluding carboxylic acids is 3. The lowest BCUT2D eigenvalue weighted by Crippen LogP contribution is -2.38. The van der Waals surface area contributed by atoms with Crippen LogP contribution in [0.4, 0.5) is 4.79 Å². The standard InChI is InChI=1S/C27H43N5O4/c1-21(33)23-19-29-24-20-31(17-18-32(23)24)25(34)13-12-22-11-10-16-30(22)15-9-7-5-6-8-14-28-26(35)36-27(2,3)4/h12-13,19,22H,5-11,14-18,20H2,1-4H3,(H,28,35)/b13-12+. The Morgan fingerprint density at radius 3 is 2.61 bits per heavy atom. The molecule has 2 aliphatic heterocycles. The second kappa shape index (κ2) is 13.0. The largest absolute Gasteiger partial charge is 0.444 e. The van der Waals surface area contributed by atoms with Crippen LogP contribution in [-0.4, -0.2) is 75.0 Å². The first-order valence-corrected chi connectivity index (χ1v) is 13.4. The van der Waals surface area contributed by atoms with Gasteiger partial charge in [0.05, 0.1) is 12.7 Å². The summed E-state index contributed by atoms with van der Waals surface area (Å²) in [6.07, 6.45) is 12.8. The Kier molecular flexibility index (Phi) is 10.1. The highest BCUT2D eigenvalue weighted by Gasteiger charge is 2.25. The molecular weight excluding hydrogens is 458 g/mol. The van der Waals surface area contributed by atoms with E-state index >= 15 is 0 Å². The summed E-state index contributed by atoms with van der Waals surface area (Å²) < 4.78 is 7.16. The molecule has 2 amide bonds. The smallest absolute Gasteiger partial charge is 0.407 e. The number of ether oxygens (including phenoxy) is 1. The van der Waals surface area contributed by atoms with E-state index in [-0.39, 0.29) is 17.8 Å². The number of hydrogen-bond acceptors (Lipinski definition) is 6. The van der Waals surface area contributed by atoms with E-state index in [1.165, 1.54) is 6.42 Å². The van der Waals surface area contributed by atoms with E-state index in [9.17, 15) is 14.4 Å². The van der Waals surface area contributed by atoms with Crippen LogP contribution in [0.3, 0.4) is 0 Å². The minimum atomic E-state index is -0.459. The molecule has 9 nitrogen and oxygen atoms in total. The van der Waals surface area contributed by atoms with Crippen molar-refractivity contribution >= 4 is 17.8 Å². The van der Waals surface area contributed by atoms with Crippen molar-refractivity contribution in [2.24, 2.45) is 0 Å². The van der Waals surface area contributed by atoms with Gasteiger partial charge in [-0.1, -0.05) is 25.3 Å². The van der Waals surface area contributed by atoms with Crippen LogP contribution in [0, 0.1) is 0 Å². The Bertz CT molecular complexity index is 933. The summed E-state index contributed by atoms with van der Waals surface area (Å²) in [5.74, 6) is 0.793. The number of alkyl carbamates (subject to hydrolysis) is 1. The first kappa shape index (κ1) is 27.9. The monoisotopic (exact) mass is 501 g/mol. The van der Waals surface area contributed by atoms with Gasteiger partial charge >= 0.3 is 6.09 Å². The van der Waals surface area contributed by atoms with Gasteiger partial charge in [-0.05, 0) is 59.5 Å². The lowest BCUT2D eigenvalue weighted by molar-refractivity contribution is -0.127. The molecule has 1 aromatic rings. The second-order valence-electron chi connectivity index (χ2n) is 10.8. The van der Waals surface area contributed by atoms with Gasteiger partial charge in [0.1, 0.15) is 17.1 Å². The molecule has 0 aromatic carbocycles. The van der Waals surface area contributed by atoms with Gasteiger partial charge in [0.15, 0.2) is 5.78 Å². The molecule has 1 fully saturated rings. The number of Topliss-reactive ketones (excluding diaryl/α,β-unsaturated/α-hetero) is 1. The molecule has 1 aromatic heterocycles. The fraction of sp³-hybridized carbons (Fsp3) is 0.704. The van der Waals surface area contributed by atoms with Gasteiger partial charge in [0.2, 0.25) is 5.91 Å². The molecule has 0 bridgehead atoms. The molecule has 1 unspecified atom stereocenters. The molecule has 9 heteroatoms. The lowest BCUT2D eigenvalue weighted by Gasteiger charge is -2.28. The molecule has 1 N–H and O–H groups in total. The number of rotatable bonds is 11. The van der Waals surface area contributed by atoms with Crippen molar-refractivity contribution in [3.8, 4) is 0 Å². The number of ketones is 1. The molecule has 200 valence electrons. The molecule has 3 rings (SSSR count). The topological polar surface area (TPSA) is 96.8 Å². The Morgan fingerprint density at radius 1 is 1.11 bits per heavy atom. The molecule has 0 saturated carbocycles. The molecule has 1 atom stereocenters. The molecule has 1 saturated heterocycles. The number of amides is 2. The third-order valence-corrected chi connectivity index (χ3v) is 6.70. The second-order valence-corrected chi connectivity index (χ2v) is 10.8. The van der Waals surface area contributed by atoms with Crippen LogP contribution in [0.15, 0.2) is 18.3 Å². The Hall–Kier alpha value is -2.68. The normalized spacial score (nSPS) is 18.4. The summed E-state index contributed by atoms with van der Waals surface area (Å²) >= 11 is 0. The van der Waals surface area contributed by atoms with Crippen LogP contribution in [0.2, 0.25) is 0 Å². The van der Waals surface area contributed by atoms with Gasteiger partial charge in [0, 0.05) is 38.7 Å². The van der Waals surface area contributed by atoms with Crippen molar-refractivity contribution in [3.63, 3.8) is 0 Å². The summed E-state index contributed by atoms with van der Waals surface area (Å²) in [5.41, 5.74) is 0.158. The fourth-order valence-corrected chi connectivity index (χ4v) is 4.85. The average Bonchev–Trinajstić information content (AvgIpc) is 3.44. The number of carbonyl (C=O) groups is 3.